The fourth-order valence-electron chi connectivity index (χ4n) is 4.01. The Hall–Kier alpha value is -2.59. The molecule has 1 aromatic carbocycles. The van der Waals surface area contributed by atoms with Gasteiger partial charge in [0, 0.05) is 17.9 Å². The molecule has 0 bridgehead atoms. The molecule has 1 saturated carbocycles. The third-order valence-corrected chi connectivity index (χ3v) is 5.76. The van der Waals surface area contributed by atoms with Crippen molar-refractivity contribution in [2.75, 3.05) is 26.0 Å². The number of hydrogen-bond donors (Lipinski definition) is 3. The number of benzene rings is 1. The number of aromatic nitrogens is 2. The van der Waals surface area contributed by atoms with Gasteiger partial charge in [-0.25, -0.2) is 0 Å². The van der Waals surface area contributed by atoms with Crippen LogP contribution in [0.3, 0.4) is 0 Å². The maximum atomic E-state index is 12.8. The monoisotopic (exact) mass is 424 g/mol. The summed E-state index contributed by atoms with van der Waals surface area (Å²) in [6.45, 7) is 0.489. The number of amides is 1. The van der Waals surface area contributed by atoms with Crippen LogP contribution in [0.1, 0.15) is 41.2 Å². The molecule has 1 heterocycles. The molecule has 164 valence electrons. The lowest BCUT2D eigenvalue weighted by Gasteiger charge is -2.38. The Kier molecular flexibility index (Phi) is 6.37. The maximum Gasteiger partial charge on any atom is 0.416 e. The second kappa shape index (κ2) is 8.65. The van der Waals surface area contributed by atoms with Crippen LogP contribution in [-0.2, 0) is 6.18 Å². The normalized spacial score (nSPS) is 22.3. The van der Waals surface area contributed by atoms with Crippen molar-refractivity contribution in [2.24, 2.45) is 17.4 Å². The Balaban J connectivity index is 1.84. The second-order valence-corrected chi connectivity index (χ2v) is 7.93. The number of halogens is 3. The van der Waals surface area contributed by atoms with Crippen LogP contribution in [0.4, 0.5) is 24.7 Å². The zero-order valence-electron chi connectivity index (χ0n) is 17.0. The van der Waals surface area contributed by atoms with Gasteiger partial charge in [0.15, 0.2) is 5.82 Å². The van der Waals surface area contributed by atoms with Crippen LogP contribution in [-0.4, -0.2) is 47.3 Å². The van der Waals surface area contributed by atoms with Crippen LogP contribution >= 0.6 is 0 Å². The van der Waals surface area contributed by atoms with Gasteiger partial charge in [-0.1, -0.05) is 0 Å². The minimum absolute atomic E-state index is 0.0208. The lowest BCUT2D eigenvalue weighted by Crippen LogP contribution is -2.40. The first-order chi connectivity index (χ1) is 14.1. The van der Waals surface area contributed by atoms with Crippen LogP contribution in [0.5, 0.6) is 0 Å². The summed E-state index contributed by atoms with van der Waals surface area (Å²) in [6.07, 6.45) is -0.0767. The molecule has 30 heavy (non-hydrogen) atoms. The maximum absolute atomic E-state index is 12.8. The molecule has 0 saturated heterocycles. The van der Waals surface area contributed by atoms with Gasteiger partial charge in [-0.2, -0.15) is 18.3 Å². The highest BCUT2D eigenvalue weighted by Crippen LogP contribution is 2.36. The van der Waals surface area contributed by atoms with E-state index in [1.807, 2.05) is 14.1 Å². The molecule has 0 unspecified atom stereocenters. The minimum Gasteiger partial charge on any atom is -0.365 e. The number of nitrogens with zero attached hydrogens (tertiary/aromatic N) is 3. The molecule has 1 aromatic heterocycles. The molecule has 2 aromatic rings. The van der Waals surface area contributed by atoms with Crippen molar-refractivity contribution in [1.29, 1.82) is 0 Å². The zero-order valence-corrected chi connectivity index (χ0v) is 17.0. The lowest BCUT2D eigenvalue weighted by molar-refractivity contribution is -0.137. The van der Waals surface area contributed by atoms with Crippen molar-refractivity contribution in [3.8, 4) is 0 Å². The van der Waals surface area contributed by atoms with E-state index in [9.17, 15) is 18.0 Å². The highest BCUT2D eigenvalue weighted by Gasteiger charge is 2.33. The fourth-order valence-corrected chi connectivity index (χ4v) is 4.01. The first-order valence-electron chi connectivity index (χ1n) is 9.80. The predicted molar refractivity (Wildman–Crippen MR) is 108 cm³/mol. The molecule has 1 amide bonds. The third-order valence-electron chi connectivity index (χ3n) is 5.76. The van der Waals surface area contributed by atoms with E-state index in [2.05, 4.69) is 15.3 Å². The summed E-state index contributed by atoms with van der Waals surface area (Å²) in [6, 6.07) is 4.97. The van der Waals surface area contributed by atoms with Gasteiger partial charge in [-0.15, -0.1) is 0 Å². The Bertz CT molecular complexity index is 878. The molecular weight excluding hydrogens is 397 g/mol. The lowest BCUT2D eigenvalue weighted by atomic mass is 9.81. The van der Waals surface area contributed by atoms with Crippen LogP contribution in [0.2, 0.25) is 0 Å². The summed E-state index contributed by atoms with van der Waals surface area (Å²) >= 11 is 0. The molecule has 0 spiro atoms. The summed E-state index contributed by atoms with van der Waals surface area (Å²) in [5.74, 6) is -0.264. The molecule has 3 atom stereocenters. The molecule has 1 aliphatic carbocycles. The van der Waals surface area contributed by atoms with E-state index >= 15 is 0 Å². The van der Waals surface area contributed by atoms with Crippen molar-refractivity contribution in [1.82, 2.24) is 14.7 Å². The van der Waals surface area contributed by atoms with Gasteiger partial charge in [0.1, 0.15) is 5.56 Å². The van der Waals surface area contributed by atoms with E-state index in [-0.39, 0.29) is 23.3 Å². The highest BCUT2D eigenvalue weighted by atomic mass is 19.4. The number of nitrogens with two attached hydrogens (primary N) is 2. The van der Waals surface area contributed by atoms with E-state index in [0.29, 0.717) is 18.3 Å². The number of primary amides is 1. The molecule has 1 aliphatic rings. The van der Waals surface area contributed by atoms with Gasteiger partial charge >= 0.3 is 6.18 Å². The van der Waals surface area contributed by atoms with E-state index in [0.717, 1.165) is 31.4 Å². The van der Waals surface area contributed by atoms with E-state index < -0.39 is 17.6 Å². The van der Waals surface area contributed by atoms with Crippen molar-refractivity contribution in [2.45, 2.75) is 37.5 Å². The molecule has 10 heteroatoms. The van der Waals surface area contributed by atoms with Crippen LogP contribution in [0.25, 0.3) is 0 Å². The van der Waals surface area contributed by atoms with Gasteiger partial charge in [0.25, 0.3) is 5.91 Å². The Morgan fingerprint density at radius 1 is 1.27 bits per heavy atom. The number of hydrogen-bond acceptors (Lipinski definition) is 5. The van der Waals surface area contributed by atoms with Gasteiger partial charge in [-0.3, -0.25) is 9.48 Å². The summed E-state index contributed by atoms with van der Waals surface area (Å²) in [4.78, 5) is 14.1. The van der Waals surface area contributed by atoms with Crippen LogP contribution in [0.15, 0.2) is 30.5 Å². The standard InChI is InChI=1S/C20H27F3N6O/c1-28(2)15-7-8-17(12(9-15)10-24)29-11-16(18(25)30)19(27-29)26-14-5-3-13(4-6-14)20(21,22)23/h3-6,11-12,15,17H,7-10,24H2,1-2H3,(H2,25,30)(H,26,27)/t12-,15-,17+/m1/s1. The number of rotatable bonds is 6. The molecule has 3 rings (SSSR count). The Morgan fingerprint density at radius 3 is 2.47 bits per heavy atom. The summed E-state index contributed by atoms with van der Waals surface area (Å²) in [5.41, 5.74) is 11.3. The Labute approximate surface area is 173 Å². The van der Waals surface area contributed by atoms with Crippen LogP contribution in [0, 0.1) is 5.92 Å². The number of carbonyl (C=O) groups excluding carboxylic acids is 1. The number of anilines is 2. The van der Waals surface area contributed by atoms with Gasteiger partial charge < -0.3 is 21.7 Å². The topological polar surface area (TPSA) is 102 Å². The minimum atomic E-state index is -4.42. The molecule has 1 fully saturated rings. The summed E-state index contributed by atoms with van der Waals surface area (Å²) < 4.78 is 40.0. The average Bonchev–Trinajstić information content (AvgIpc) is 3.11. The van der Waals surface area contributed by atoms with Crippen molar-refractivity contribution >= 4 is 17.4 Å². The smallest absolute Gasteiger partial charge is 0.365 e. The quantitative estimate of drug-likeness (QED) is 0.662. The number of nitrogens with one attached hydrogen (secondary N) is 1. The molecular formula is C20H27F3N6O. The highest BCUT2D eigenvalue weighted by molar-refractivity contribution is 5.98. The van der Waals surface area contributed by atoms with Crippen molar-refractivity contribution in [3.63, 3.8) is 0 Å². The second-order valence-electron chi connectivity index (χ2n) is 7.93. The van der Waals surface area contributed by atoms with Gasteiger partial charge in [0.2, 0.25) is 0 Å². The summed E-state index contributed by atoms with van der Waals surface area (Å²) in [7, 11) is 4.09. The SMILES string of the molecule is CN(C)[C@@H]1CC[C@H](n2cc(C(N)=O)c(Nc3ccc(C(F)(F)F)cc3)n2)[C@@H](CN)C1. The molecule has 0 radical (unpaired) electrons. The largest absolute Gasteiger partial charge is 0.416 e. The molecule has 5 N–H and O–H groups in total. The first-order valence-corrected chi connectivity index (χ1v) is 9.80. The number of carbonyl (C=O) groups is 1. The van der Waals surface area contributed by atoms with Gasteiger partial charge in [0.05, 0.1) is 11.6 Å². The number of alkyl halides is 3. The summed E-state index contributed by atoms with van der Waals surface area (Å²) in [5, 5.41) is 7.42. The van der Waals surface area contributed by atoms with E-state index in [1.165, 1.54) is 12.1 Å². The average molecular weight is 424 g/mol. The van der Waals surface area contributed by atoms with Crippen LogP contribution < -0.4 is 16.8 Å². The Morgan fingerprint density at radius 2 is 1.93 bits per heavy atom. The van der Waals surface area contributed by atoms with E-state index in [4.69, 9.17) is 11.5 Å². The molecule has 7 nitrogen and oxygen atoms in total. The first kappa shape index (κ1) is 22.1. The predicted octanol–water partition coefficient (Wildman–Crippen LogP) is 2.97. The third kappa shape index (κ3) is 4.76. The zero-order chi connectivity index (χ0) is 22.1. The molecule has 0 aliphatic heterocycles. The van der Waals surface area contributed by atoms with Crippen molar-refractivity contribution < 1.29 is 18.0 Å². The fraction of sp³-hybridized carbons (Fsp3) is 0.500. The van der Waals surface area contributed by atoms with Crippen molar-refractivity contribution in [3.05, 3.63) is 41.6 Å². The van der Waals surface area contributed by atoms with Gasteiger partial charge in [-0.05, 0) is 70.1 Å². The van der Waals surface area contributed by atoms with E-state index in [1.54, 1.807) is 10.9 Å².